The van der Waals surface area contributed by atoms with E-state index in [0.717, 1.165) is 10.6 Å². The molecule has 128 valence electrons. The molecular formula is C18H18N4O3. The van der Waals surface area contributed by atoms with E-state index in [0.29, 0.717) is 18.4 Å². The van der Waals surface area contributed by atoms with E-state index in [1.165, 1.54) is 24.5 Å². The van der Waals surface area contributed by atoms with Crippen LogP contribution in [-0.4, -0.2) is 33.4 Å². The van der Waals surface area contributed by atoms with E-state index in [4.69, 9.17) is 0 Å². The number of nitrogens with one attached hydrogen (secondary N) is 2. The number of imide groups is 1. The van der Waals surface area contributed by atoms with Crippen molar-refractivity contribution in [3.05, 3.63) is 66.0 Å². The predicted octanol–water partition coefficient (Wildman–Crippen LogP) is 1.67. The topological polar surface area (TPSA) is 91.4 Å². The Kier molecular flexibility index (Phi) is 4.47. The van der Waals surface area contributed by atoms with Gasteiger partial charge in [-0.05, 0) is 37.5 Å². The van der Waals surface area contributed by atoms with Gasteiger partial charge in [-0.1, -0.05) is 30.3 Å². The van der Waals surface area contributed by atoms with Crippen molar-refractivity contribution in [2.24, 2.45) is 0 Å². The number of benzene rings is 1. The van der Waals surface area contributed by atoms with Crippen molar-refractivity contribution in [1.82, 2.24) is 20.7 Å². The molecule has 1 atom stereocenters. The summed E-state index contributed by atoms with van der Waals surface area (Å²) in [5.41, 5.74) is 2.68. The number of aromatic nitrogens is 1. The van der Waals surface area contributed by atoms with Crippen molar-refractivity contribution >= 4 is 17.8 Å². The molecule has 2 aromatic rings. The molecule has 4 amide bonds. The SMILES string of the molecule is C[C@@]1(CCc2ccccc2)NC(=O)N(NC(=O)c2ccncc2)C1=O. The van der Waals surface area contributed by atoms with E-state index in [1.807, 2.05) is 30.3 Å². The average Bonchev–Trinajstić information content (AvgIpc) is 2.85. The highest BCUT2D eigenvalue weighted by Gasteiger charge is 2.48. The Morgan fingerprint density at radius 2 is 1.84 bits per heavy atom. The van der Waals surface area contributed by atoms with Crippen LogP contribution < -0.4 is 10.7 Å². The highest BCUT2D eigenvalue weighted by Crippen LogP contribution is 2.22. The fourth-order valence-corrected chi connectivity index (χ4v) is 2.66. The average molecular weight is 338 g/mol. The quantitative estimate of drug-likeness (QED) is 0.811. The third kappa shape index (κ3) is 3.50. The van der Waals surface area contributed by atoms with Crippen molar-refractivity contribution in [3.63, 3.8) is 0 Å². The molecule has 1 saturated heterocycles. The fourth-order valence-electron chi connectivity index (χ4n) is 2.66. The minimum Gasteiger partial charge on any atom is -0.322 e. The van der Waals surface area contributed by atoms with E-state index in [2.05, 4.69) is 15.7 Å². The summed E-state index contributed by atoms with van der Waals surface area (Å²) in [6, 6.07) is 12.1. The van der Waals surface area contributed by atoms with Gasteiger partial charge in [0.05, 0.1) is 0 Å². The number of rotatable bonds is 5. The van der Waals surface area contributed by atoms with Crippen molar-refractivity contribution < 1.29 is 14.4 Å². The first-order valence-electron chi connectivity index (χ1n) is 7.91. The molecule has 0 radical (unpaired) electrons. The maximum Gasteiger partial charge on any atom is 0.344 e. The Labute approximate surface area is 145 Å². The highest BCUT2D eigenvalue weighted by molar-refractivity contribution is 6.09. The molecule has 25 heavy (non-hydrogen) atoms. The molecule has 0 unspecified atom stereocenters. The second-order valence-electron chi connectivity index (χ2n) is 6.07. The number of nitrogens with zero attached hydrogens (tertiary/aromatic N) is 2. The van der Waals surface area contributed by atoms with Gasteiger partial charge < -0.3 is 5.32 Å². The lowest BCUT2D eigenvalue weighted by Gasteiger charge is -2.21. The standard InChI is InChI=1S/C18H18N4O3/c1-18(10-7-13-5-3-2-4-6-13)16(24)22(17(25)20-18)21-15(23)14-8-11-19-12-9-14/h2-6,8-9,11-12H,7,10H2,1H3,(H,20,25)(H,21,23)/t18-/m0/s1. The summed E-state index contributed by atoms with van der Waals surface area (Å²) in [5.74, 6) is -1.02. The van der Waals surface area contributed by atoms with Gasteiger partial charge in [0.25, 0.3) is 11.8 Å². The lowest BCUT2D eigenvalue weighted by Crippen LogP contribution is -2.48. The number of pyridine rings is 1. The van der Waals surface area contributed by atoms with Gasteiger partial charge >= 0.3 is 6.03 Å². The monoisotopic (exact) mass is 338 g/mol. The second-order valence-corrected chi connectivity index (χ2v) is 6.07. The Balaban J connectivity index is 1.68. The Morgan fingerprint density at radius 3 is 2.52 bits per heavy atom. The molecule has 7 heteroatoms. The number of aryl methyl sites for hydroxylation is 1. The summed E-state index contributed by atoms with van der Waals surface area (Å²) in [6.07, 6.45) is 3.99. The molecule has 0 bridgehead atoms. The number of carbonyl (C=O) groups excluding carboxylic acids is 3. The molecule has 1 aliphatic rings. The number of amides is 4. The van der Waals surface area contributed by atoms with Crippen molar-refractivity contribution in [2.75, 3.05) is 0 Å². The van der Waals surface area contributed by atoms with Gasteiger partial charge in [0.2, 0.25) is 0 Å². The van der Waals surface area contributed by atoms with Crippen molar-refractivity contribution in [3.8, 4) is 0 Å². The van der Waals surface area contributed by atoms with Crippen LogP contribution in [0, 0.1) is 0 Å². The van der Waals surface area contributed by atoms with E-state index in [9.17, 15) is 14.4 Å². The van der Waals surface area contributed by atoms with Gasteiger partial charge in [-0.2, -0.15) is 5.01 Å². The summed E-state index contributed by atoms with van der Waals surface area (Å²) in [6.45, 7) is 1.66. The van der Waals surface area contributed by atoms with Gasteiger partial charge in [0, 0.05) is 18.0 Å². The molecule has 2 heterocycles. The summed E-state index contributed by atoms with van der Waals surface area (Å²) in [5, 5.41) is 3.41. The normalized spacial score (nSPS) is 19.6. The summed E-state index contributed by atoms with van der Waals surface area (Å²) >= 11 is 0. The van der Waals surface area contributed by atoms with Crippen LogP contribution in [0.3, 0.4) is 0 Å². The molecular weight excluding hydrogens is 320 g/mol. The smallest absolute Gasteiger partial charge is 0.322 e. The largest absolute Gasteiger partial charge is 0.344 e. The molecule has 1 aliphatic heterocycles. The van der Waals surface area contributed by atoms with Gasteiger partial charge in [0.15, 0.2) is 0 Å². The van der Waals surface area contributed by atoms with Gasteiger partial charge in [-0.3, -0.25) is 20.0 Å². The van der Waals surface area contributed by atoms with E-state index < -0.39 is 23.4 Å². The maximum absolute atomic E-state index is 12.6. The van der Waals surface area contributed by atoms with Crippen LogP contribution in [0.5, 0.6) is 0 Å². The Hall–Kier alpha value is -3.22. The molecule has 2 N–H and O–H groups in total. The van der Waals surface area contributed by atoms with E-state index >= 15 is 0 Å². The predicted molar refractivity (Wildman–Crippen MR) is 90.2 cm³/mol. The summed E-state index contributed by atoms with van der Waals surface area (Å²) in [4.78, 5) is 40.8. The van der Waals surface area contributed by atoms with E-state index in [-0.39, 0.29) is 0 Å². The number of hydrogen-bond acceptors (Lipinski definition) is 4. The molecule has 0 aliphatic carbocycles. The van der Waals surface area contributed by atoms with Gasteiger partial charge in [0.1, 0.15) is 5.54 Å². The van der Waals surface area contributed by atoms with Crippen molar-refractivity contribution in [2.45, 2.75) is 25.3 Å². The van der Waals surface area contributed by atoms with Crippen LogP contribution in [0.25, 0.3) is 0 Å². The van der Waals surface area contributed by atoms with Gasteiger partial charge in [-0.15, -0.1) is 0 Å². The highest BCUT2D eigenvalue weighted by atomic mass is 16.2. The fraction of sp³-hybridized carbons (Fsp3) is 0.222. The zero-order chi connectivity index (χ0) is 17.9. The molecule has 1 fully saturated rings. The van der Waals surface area contributed by atoms with Crippen LogP contribution in [-0.2, 0) is 11.2 Å². The first kappa shape index (κ1) is 16.6. The number of hydrogen-bond donors (Lipinski definition) is 2. The number of carbonyl (C=O) groups is 3. The lowest BCUT2D eigenvalue weighted by atomic mass is 9.93. The third-order valence-corrected chi connectivity index (χ3v) is 4.17. The first-order chi connectivity index (χ1) is 12.0. The minimum absolute atomic E-state index is 0.313. The second kappa shape index (κ2) is 6.72. The van der Waals surface area contributed by atoms with Crippen LogP contribution in [0.1, 0.15) is 29.3 Å². The maximum atomic E-state index is 12.6. The first-order valence-corrected chi connectivity index (χ1v) is 7.91. The van der Waals surface area contributed by atoms with Crippen LogP contribution in [0.15, 0.2) is 54.9 Å². The number of urea groups is 1. The van der Waals surface area contributed by atoms with Crippen LogP contribution >= 0.6 is 0 Å². The van der Waals surface area contributed by atoms with Crippen molar-refractivity contribution in [1.29, 1.82) is 0 Å². The molecule has 1 aromatic carbocycles. The lowest BCUT2D eigenvalue weighted by molar-refractivity contribution is -0.132. The zero-order valence-electron chi connectivity index (χ0n) is 13.7. The summed E-state index contributed by atoms with van der Waals surface area (Å²) in [7, 11) is 0. The zero-order valence-corrected chi connectivity index (χ0v) is 13.7. The molecule has 0 saturated carbocycles. The number of hydrazine groups is 1. The van der Waals surface area contributed by atoms with E-state index in [1.54, 1.807) is 6.92 Å². The van der Waals surface area contributed by atoms with Gasteiger partial charge in [-0.25, -0.2) is 4.79 Å². The minimum atomic E-state index is -1.06. The molecule has 7 nitrogen and oxygen atoms in total. The van der Waals surface area contributed by atoms with Crippen LogP contribution in [0.4, 0.5) is 4.79 Å². The molecule has 3 rings (SSSR count). The summed E-state index contributed by atoms with van der Waals surface area (Å²) < 4.78 is 0. The Morgan fingerprint density at radius 1 is 1.16 bits per heavy atom. The molecule has 0 spiro atoms. The Bertz CT molecular complexity index is 794. The molecule has 1 aromatic heterocycles. The van der Waals surface area contributed by atoms with Crippen LogP contribution in [0.2, 0.25) is 0 Å². The third-order valence-electron chi connectivity index (χ3n) is 4.17.